The molecule has 5 rings (SSSR count). The number of hydrogen-bond donors (Lipinski definition) is 1. The van der Waals surface area contributed by atoms with Gasteiger partial charge in [-0.05, 0) is 47.7 Å². The number of fused-ring (bicyclic) bond motifs is 2. The second-order valence-electron chi connectivity index (χ2n) is 6.88. The van der Waals surface area contributed by atoms with Crippen LogP contribution >= 0.6 is 11.8 Å². The summed E-state index contributed by atoms with van der Waals surface area (Å²) in [5.74, 6) is 1.19. The molecule has 4 heterocycles. The zero-order chi connectivity index (χ0) is 19.1. The summed E-state index contributed by atoms with van der Waals surface area (Å²) in [6.45, 7) is 1.64. The van der Waals surface area contributed by atoms with Crippen molar-refractivity contribution in [1.29, 1.82) is 0 Å². The van der Waals surface area contributed by atoms with Crippen LogP contribution in [0.1, 0.15) is 5.82 Å². The van der Waals surface area contributed by atoms with Gasteiger partial charge in [0.2, 0.25) is 0 Å². The second kappa shape index (κ2) is 6.79. The Hall–Kier alpha value is -3.13. The number of benzene rings is 1. The molecule has 2 aliphatic rings. The first-order valence-electron chi connectivity index (χ1n) is 9.06. The van der Waals surface area contributed by atoms with Gasteiger partial charge in [-0.15, -0.1) is 10.2 Å². The van der Waals surface area contributed by atoms with Crippen LogP contribution in [0.2, 0.25) is 0 Å². The quantitative estimate of drug-likeness (QED) is 0.741. The molecule has 0 spiro atoms. The normalized spacial score (nSPS) is 18.4. The van der Waals surface area contributed by atoms with Gasteiger partial charge < -0.3 is 5.73 Å². The van der Waals surface area contributed by atoms with Crippen molar-refractivity contribution in [1.82, 2.24) is 24.8 Å². The van der Waals surface area contributed by atoms with Crippen LogP contribution in [0.15, 0.2) is 63.3 Å². The summed E-state index contributed by atoms with van der Waals surface area (Å²) in [6.07, 6.45) is 10.1. The van der Waals surface area contributed by atoms with Gasteiger partial charge in [0.1, 0.15) is 0 Å². The van der Waals surface area contributed by atoms with E-state index < -0.39 is 0 Å². The van der Waals surface area contributed by atoms with E-state index in [4.69, 9.17) is 5.73 Å². The molecule has 1 aromatic carbocycles. The Morgan fingerprint density at radius 2 is 2.11 bits per heavy atom. The molecule has 0 bridgehead atoms. The monoisotopic (exact) mass is 389 g/mol. The van der Waals surface area contributed by atoms with Gasteiger partial charge in [-0.25, -0.2) is 0 Å². The number of aromatic nitrogens is 4. The minimum Gasteiger partial charge on any atom is -0.398 e. The van der Waals surface area contributed by atoms with Gasteiger partial charge in [0.15, 0.2) is 11.0 Å². The zero-order valence-corrected chi connectivity index (χ0v) is 16.2. The number of nitrogen functional groups attached to an aromatic ring is 1. The molecule has 2 N–H and O–H groups in total. The van der Waals surface area contributed by atoms with E-state index in [1.807, 2.05) is 42.5 Å². The summed E-state index contributed by atoms with van der Waals surface area (Å²) in [5, 5.41) is 16.9. The van der Waals surface area contributed by atoms with Crippen molar-refractivity contribution < 1.29 is 0 Å². The highest BCUT2D eigenvalue weighted by molar-refractivity contribution is 7.99. The average molecular weight is 389 g/mol. The Kier molecular flexibility index (Phi) is 4.12. The highest BCUT2D eigenvalue weighted by Gasteiger charge is 2.20. The number of hydrazone groups is 1. The lowest BCUT2D eigenvalue weighted by atomic mass is 10.00. The Labute approximate surface area is 166 Å². The topological polar surface area (TPSA) is 85.2 Å². The van der Waals surface area contributed by atoms with Crippen LogP contribution in [0.5, 0.6) is 0 Å². The average Bonchev–Trinajstić information content (AvgIpc) is 3.23. The molecule has 1 atom stereocenters. The van der Waals surface area contributed by atoms with Gasteiger partial charge in [-0.3, -0.25) is 14.6 Å². The molecule has 0 saturated heterocycles. The Bertz CT molecular complexity index is 1140. The van der Waals surface area contributed by atoms with Crippen LogP contribution in [-0.4, -0.2) is 44.6 Å². The van der Waals surface area contributed by atoms with E-state index in [1.54, 1.807) is 18.0 Å². The predicted molar refractivity (Wildman–Crippen MR) is 112 cm³/mol. The summed E-state index contributed by atoms with van der Waals surface area (Å²) < 4.78 is 2.13. The van der Waals surface area contributed by atoms with E-state index in [2.05, 4.69) is 43.1 Å². The largest absolute Gasteiger partial charge is 0.398 e. The fourth-order valence-corrected chi connectivity index (χ4v) is 4.34. The molecule has 0 amide bonds. The molecule has 0 saturated carbocycles. The molecule has 3 aromatic rings. The zero-order valence-electron chi connectivity index (χ0n) is 15.4. The van der Waals surface area contributed by atoms with Crippen molar-refractivity contribution in [2.24, 2.45) is 11.0 Å². The summed E-state index contributed by atoms with van der Waals surface area (Å²) in [6, 6.07) is 7.91. The number of allylic oxidation sites excluding steroid dienone is 2. The van der Waals surface area contributed by atoms with E-state index in [1.165, 1.54) is 5.57 Å². The Morgan fingerprint density at radius 1 is 1.18 bits per heavy atom. The SMILES string of the molecule is CN1CC(C2=CCn3c(nnc3Sc3ccc4nccc(N)c4c3)C=C2)C=N1. The van der Waals surface area contributed by atoms with Gasteiger partial charge in [0.25, 0.3) is 0 Å². The third-order valence-corrected chi connectivity index (χ3v) is 5.94. The van der Waals surface area contributed by atoms with Crippen LogP contribution in [0.3, 0.4) is 0 Å². The van der Waals surface area contributed by atoms with Crippen molar-refractivity contribution >= 4 is 40.6 Å². The predicted octanol–water partition coefficient (Wildman–Crippen LogP) is 3.06. The minimum atomic E-state index is 0.325. The molecule has 0 aliphatic carbocycles. The van der Waals surface area contributed by atoms with Crippen molar-refractivity contribution in [2.75, 3.05) is 19.3 Å². The fourth-order valence-electron chi connectivity index (χ4n) is 3.46. The van der Waals surface area contributed by atoms with Gasteiger partial charge in [0, 0.05) is 54.4 Å². The number of anilines is 1. The van der Waals surface area contributed by atoms with Crippen molar-refractivity contribution in [3.05, 3.63) is 54.0 Å². The first kappa shape index (κ1) is 17.0. The first-order chi connectivity index (χ1) is 13.7. The van der Waals surface area contributed by atoms with E-state index in [0.29, 0.717) is 5.92 Å². The van der Waals surface area contributed by atoms with E-state index in [-0.39, 0.29) is 0 Å². The first-order valence-corrected chi connectivity index (χ1v) is 9.88. The number of rotatable bonds is 3. The maximum atomic E-state index is 6.10. The molecule has 0 fully saturated rings. The summed E-state index contributed by atoms with van der Waals surface area (Å²) in [7, 11) is 1.99. The lowest BCUT2D eigenvalue weighted by molar-refractivity contribution is 0.373. The van der Waals surface area contributed by atoms with Gasteiger partial charge in [-0.1, -0.05) is 12.2 Å². The highest BCUT2D eigenvalue weighted by Crippen LogP contribution is 2.32. The van der Waals surface area contributed by atoms with Crippen molar-refractivity contribution in [3.63, 3.8) is 0 Å². The second-order valence-corrected chi connectivity index (χ2v) is 7.92. The molecule has 28 heavy (non-hydrogen) atoms. The van der Waals surface area contributed by atoms with E-state index >= 15 is 0 Å². The number of hydrogen-bond acceptors (Lipinski definition) is 7. The summed E-state index contributed by atoms with van der Waals surface area (Å²) in [5.41, 5.74) is 8.98. The molecular formula is C20H19N7S. The lowest BCUT2D eigenvalue weighted by Crippen LogP contribution is -2.14. The van der Waals surface area contributed by atoms with Crippen molar-refractivity contribution in [2.45, 2.75) is 16.6 Å². The summed E-state index contributed by atoms with van der Waals surface area (Å²) >= 11 is 1.58. The molecule has 140 valence electrons. The molecule has 1 unspecified atom stereocenters. The third kappa shape index (κ3) is 3.05. The van der Waals surface area contributed by atoms with Crippen LogP contribution in [0.25, 0.3) is 17.0 Å². The van der Waals surface area contributed by atoms with E-state index in [9.17, 15) is 0 Å². The summed E-state index contributed by atoms with van der Waals surface area (Å²) in [4.78, 5) is 5.42. The fraction of sp³-hybridized carbons (Fsp3) is 0.200. The van der Waals surface area contributed by atoms with Crippen LogP contribution in [-0.2, 0) is 6.54 Å². The molecule has 2 aliphatic heterocycles. The molecule has 0 radical (unpaired) electrons. The lowest BCUT2D eigenvalue weighted by Gasteiger charge is -2.11. The minimum absolute atomic E-state index is 0.325. The maximum absolute atomic E-state index is 6.10. The molecular weight excluding hydrogens is 370 g/mol. The molecule has 2 aromatic heterocycles. The van der Waals surface area contributed by atoms with Gasteiger partial charge >= 0.3 is 0 Å². The number of nitrogens with two attached hydrogens (primary N) is 1. The Morgan fingerprint density at radius 3 is 2.96 bits per heavy atom. The number of pyridine rings is 1. The van der Waals surface area contributed by atoms with Gasteiger partial charge in [-0.2, -0.15) is 5.10 Å². The highest BCUT2D eigenvalue weighted by atomic mass is 32.2. The third-order valence-electron chi connectivity index (χ3n) is 4.97. The standard InChI is InChI=1S/C20H19N7S/c1-26-12-14(11-23-26)13-2-5-19-24-25-20(27(19)9-7-13)28-15-3-4-18-16(10-15)17(21)6-8-22-18/h2-8,10-11,14H,9,12H2,1H3,(H2,21,22). The maximum Gasteiger partial charge on any atom is 0.196 e. The smallest absolute Gasteiger partial charge is 0.196 e. The number of nitrogens with zero attached hydrogens (tertiary/aromatic N) is 6. The van der Waals surface area contributed by atoms with E-state index in [0.717, 1.165) is 45.6 Å². The Balaban J connectivity index is 1.42. The molecule has 7 nitrogen and oxygen atoms in total. The van der Waals surface area contributed by atoms with Gasteiger partial charge in [0.05, 0.1) is 5.52 Å². The van der Waals surface area contributed by atoms with Crippen molar-refractivity contribution in [3.8, 4) is 0 Å². The van der Waals surface area contributed by atoms with Crippen LogP contribution < -0.4 is 5.73 Å². The van der Waals surface area contributed by atoms with Crippen LogP contribution in [0, 0.1) is 5.92 Å². The van der Waals surface area contributed by atoms with Crippen LogP contribution in [0.4, 0.5) is 5.69 Å². The molecule has 8 heteroatoms.